The second-order valence-electron chi connectivity index (χ2n) is 3.56. The molecule has 0 bridgehead atoms. The van der Waals surface area contributed by atoms with Crippen molar-refractivity contribution in [2.24, 2.45) is 0 Å². The van der Waals surface area contributed by atoms with Gasteiger partial charge in [-0.25, -0.2) is 0 Å². The first-order valence-corrected chi connectivity index (χ1v) is 5.35. The molecule has 2 nitrogen and oxygen atoms in total. The van der Waals surface area contributed by atoms with Crippen LogP contribution in [0.3, 0.4) is 0 Å². The van der Waals surface area contributed by atoms with Crippen LogP contribution in [-0.2, 0) is 6.54 Å². The monoisotopic (exact) mass is 192 g/mol. The summed E-state index contributed by atoms with van der Waals surface area (Å²) in [5.41, 5.74) is 0.796. The quantitative estimate of drug-likeness (QED) is 0.734. The molecule has 0 spiro atoms. The molecule has 68 valence electrons. The highest BCUT2D eigenvalue weighted by atomic mass is 32.1. The maximum absolute atomic E-state index is 8.65. The normalized spacial score (nSPS) is 16.1. The molecule has 1 aliphatic carbocycles. The van der Waals surface area contributed by atoms with E-state index in [4.69, 9.17) is 5.26 Å². The summed E-state index contributed by atoms with van der Waals surface area (Å²) < 4.78 is 0. The van der Waals surface area contributed by atoms with Gasteiger partial charge in [-0.3, -0.25) is 4.90 Å². The molecule has 0 atom stereocenters. The lowest BCUT2D eigenvalue weighted by Gasteiger charge is -2.13. The molecule has 3 heteroatoms. The molecule has 0 amide bonds. The van der Waals surface area contributed by atoms with Crippen LogP contribution in [0.1, 0.15) is 23.3 Å². The van der Waals surface area contributed by atoms with Gasteiger partial charge in [0, 0.05) is 22.8 Å². The minimum atomic E-state index is 0.796. The molecule has 0 saturated heterocycles. The van der Waals surface area contributed by atoms with E-state index in [2.05, 4.69) is 18.0 Å². The van der Waals surface area contributed by atoms with Crippen molar-refractivity contribution in [1.29, 1.82) is 5.26 Å². The molecular weight excluding hydrogens is 180 g/mol. The van der Waals surface area contributed by atoms with E-state index in [0.717, 1.165) is 18.2 Å². The van der Waals surface area contributed by atoms with Crippen molar-refractivity contribution in [2.75, 3.05) is 7.05 Å². The fraction of sp³-hybridized carbons (Fsp3) is 0.500. The van der Waals surface area contributed by atoms with Crippen LogP contribution in [0, 0.1) is 11.3 Å². The Morgan fingerprint density at radius 2 is 2.46 bits per heavy atom. The van der Waals surface area contributed by atoms with Gasteiger partial charge in [-0.1, -0.05) is 0 Å². The second-order valence-corrected chi connectivity index (χ2v) is 4.56. The Morgan fingerprint density at radius 1 is 1.69 bits per heavy atom. The van der Waals surface area contributed by atoms with Crippen LogP contribution in [0.15, 0.2) is 11.4 Å². The first-order valence-electron chi connectivity index (χ1n) is 4.47. The van der Waals surface area contributed by atoms with Gasteiger partial charge in [0.15, 0.2) is 0 Å². The summed E-state index contributed by atoms with van der Waals surface area (Å²) in [4.78, 5) is 3.67. The molecule has 0 aliphatic heterocycles. The van der Waals surface area contributed by atoms with Crippen LogP contribution in [0.4, 0.5) is 0 Å². The molecular formula is C10H12N2S. The molecule has 1 heterocycles. The van der Waals surface area contributed by atoms with Crippen molar-refractivity contribution in [3.63, 3.8) is 0 Å². The van der Waals surface area contributed by atoms with Crippen LogP contribution < -0.4 is 0 Å². The Morgan fingerprint density at radius 3 is 3.00 bits per heavy atom. The van der Waals surface area contributed by atoms with Crippen molar-refractivity contribution in [3.05, 3.63) is 21.9 Å². The van der Waals surface area contributed by atoms with Crippen molar-refractivity contribution in [2.45, 2.75) is 25.4 Å². The van der Waals surface area contributed by atoms with E-state index in [1.54, 1.807) is 11.3 Å². The fourth-order valence-corrected chi connectivity index (χ4v) is 2.28. The van der Waals surface area contributed by atoms with E-state index in [1.807, 2.05) is 11.4 Å². The Kier molecular flexibility index (Phi) is 2.34. The smallest absolute Gasteiger partial charge is 0.100 e. The molecule has 0 radical (unpaired) electrons. The lowest BCUT2D eigenvalue weighted by Crippen LogP contribution is -2.19. The van der Waals surface area contributed by atoms with Gasteiger partial charge in [0.25, 0.3) is 0 Å². The van der Waals surface area contributed by atoms with Gasteiger partial charge >= 0.3 is 0 Å². The first-order chi connectivity index (χ1) is 6.29. The summed E-state index contributed by atoms with van der Waals surface area (Å²) >= 11 is 1.68. The van der Waals surface area contributed by atoms with E-state index in [-0.39, 0.29) is 0 Å². The van der Waals surface area contributed by atoms with Crippen LogP contribution in [-0.4, -0.2) is 18.0 Å². The van der Waals surface area contributed by atoms with Crippen molar-refractivity contribution in [1.82, 2.24) is 4.90 Å². The van der Waals surface area contributed by atoms with E-state index in [1.165, 1.54) is 17.7 Å². The zero-order chi connectivity index (χ0) is 9.26. The first kappa shape index (κ1) is 8.74. The number of nitrogens with zero attached hydrogens (tertiary/aromatic N) is 2. The lowest BCUT2D eigenvalue weighted by molar-refractivity contribution is 0.319. The fourth-order valence-electron chi connectivity index (χ4n) is 1.41. The molecule has 13 heavy (non-hydrogen) atoms. The molecule has 1 aromatic rings. The predicted octanol–water partition coefficient (Wildman–Crippen LogP) is 2.21. The van der Waals surface area contributed by atoms with Crippen LogP contribution in [0.25, 0.3) is 0 Å². The number of hydrogen-bond acceptors (Lipinski definition) is 3. The molecule has 0 aromatic carbocycles. The average molecular weight is 192 g/mol. The number of thiophene rings is 1. The number of nitriles is 1. The Balaban J connectivity index is 1.97. The average Bonchev–Trinajstić information content (AvgIpc) is 2.88. The third kappa shape index (κ3) is 2.09. The maximum atomic E-state index is 8.65. The summed E-state index contributed by atoms with van der Waals surface area (Å²) in [6.07, 6.45) is 2.68. The van der Waals surface area contributed by atoms with E-state index in [9.17, 15) is 0 Å². The van der Waals surface area contributed by atoms with Gasteiger partial charge in [0.2, 0.25) is 0 Å². The van der Waals surface area contributed by atoms with Crippen LogP contribution in [0.5, 0.6) is 0 Å². The number of rotatable bonds is 3. The predicted molar refractivity (Wildman–Crippen MR) is 53.5 cm³/mol. The highest BCUT2D eigenvalue weighted by Crippen LogP contribution is 2.27. The van der Waals surface area contributed by atoms with Crippen molar-refractivity contribution >= 4 is 11.3 Å². The van der Waals surface area contributed by atoms with Crippen molar-refractivity contribution < 1.29 is 0 Å². The van der Waals surface area contributed by atoms with Gasteiger partial charge < -0.3 is 0 Å². The SMILES string of the molecule is CN(Cc1cc(C#N)cs1)C1CC1. The maximum Gasteiger partial charge on any atom is 0.100 e. The second kappa shape index (κ2) is 3.49. The van der Waals surface area contributed by atoms with Gasteiger partial charge in [-0.15, -0.1) is 11.3 Å². The summed E-state index contributed by atoms with van der Waals surface area (Å²) in [5.74, 6) is 0. The van der Waals surface area contributed by atoms with E-state index >= 15 is 0 Å². The summed E-state index contributed by atoms with van der Waals surface area (Å²) in [5, 5.41) is 10.6. The standard InChI is InChI=1S/C10H12N2S/c1-12(9-2-3-9)6-10-4-8(5-11)7-13-10/h4,7,9H,2-3,6H2,1H3. The molecule has 1 fully saturated rings. The summed E-state index contributed by atoms with van der Waals surface area (Å²) in [6, 6.07) is 4.95. The van der Waals surface area contributed by atoms with Gasteiger partial charge in [0.1, 0.15) is 6.07 Å². The minimum Gasteiger partial charge on any atom is -0.298 e. The largest absolute Gasteiger partial charge is 0.298 e. The summed E-state index contributed by atoms with van der Waals surface area (Å²) in [6.45, 7) is 0.997. The van der Waals surface area contributed by atoms with E-state index in [0.29, 0.717) is 0 Å². The Labute approximate surface area is 82.4 Å². The molecule has 2 rings (SSSR count). The number of hydrogen-bond donors (Lipinski definition) is 0. The minimum absolute atomic E-state index is 0.796. The topological polar surface area (TPSA) is 27.0 Å². The van der Waals surface area contributed by atoms with Gasteiger partial charge in [-0.2, -0.15) is 5.26 Å². The molecule has 0 N–H and O–H groups in total. The highest BCUT2D eigenvalue weighted by molar-refractivity contribution is 7.10. The molecule has 1 saturated carbocycles. The zero-order valence-corrected chi connectivity index (χ0v) is 8.47. The lowest BCUT2D eigenvalue weighted by atomic mass is 10.3. The third-order valence-electron chi connectivity index (χ3n) is 2.36. The third-order valence-corrected chi connectivity index (χ3v) is 3.28. The highest BCUT2D eigenvalue weighted by Gasteiger charge is 2.26. The van der Waals surface area contributed by atoms with Crippen molar-refractivity contribution in [3.8, 4) is 6.07 Å². The Hall–Kier alpha value is -0.850. The Bertz CT molecular complexity index is 333. The molecule has 0 unspecified atom stereocenters. The van der Waals surface area contributed by atoms with E-state index < -0.39 is 0 Å². The van der Waals surface area contributed by atoms with Gasteiger partial charge in [-0.05, 0) is 26.0 Å². The van der Waals surface area contributed by atoms with Crippen LogP contribution in [0.2, 0.25) is 0 Å². The van der Waals surface area contributed by atoms with Gasteiger partial charge in [0.05, 0.1) is 5.56 Å². The summed E-state index contributed by atoms with van der Waals surface area (Å²) in [7, 11) is 2.16. The zero-order valence-electron chi connectivity index (χ0n) is 7.66. The molecule has 1 aromatic heterocycles. The van der Waals surface area contributed by atoms with Crippen LogP contribution >= 0.6 is 11.3 Å². The molecule has 1 aliphatic rings.